The third kappa shape index (κ3) is 4.83. The Labute approximate surface area is 95.0 Å². The van der Waals surface area contributed by atoms with E-state index in [9.17, 15) is 0 Å². The molecule has 1 rings (SSSR count). The van der Waals surface area contributed by atoms with Crippen LogP contribution in [-0.4, -0.2) is 29.5 Å². The highest BCUT2D eigenvalue weighted by molar-refractivity contribution is 6.17. The van der Waals surface area contributed by atoms with Gasteiger partial charge in [-0.15, -0.1) is 11.6 Å². The number of alkyl halides is 1. The topological polar surface area (TPSA) is 47.0 Å². The zero-order valence-corrected chi connectivity index (χ0v) is 9.63. The minimum atomic E-state index is 0.577. The van der Waals surface area contributed by atoms with Crippen LogP contribution in [0.25, 0.3) is 0 Å². The second kappa shape index (κ2) is 7.29. The molecule has 0 bridgehead atoms. The first-order valence-electron chi connectivity index (χ1n) is 5.02. The molecule has 84 valence electrons. The quantitative estimate of drug-likeness (QED) is 0.576. The third-order valence-electron chi connectivity index (χ3n) is 1.97. The van der Waals surface area contributed by atoms with Crippen molar-refractivity contribution in [2.75, 3.05) is 24.9 Å². The lowest BCUT2D eigenvalue weighted by molar-refractivity contribution is 0.397. The minimum Gasteiger partial charge on any atom is -0.481 e. The van der Waals surface area contributed by atoms with Gasteiger partial charge in [0.15, 0.2) is 0 Å². The van der Waals surface area contributed by atoms with Gasteiger partial charge in [0.05, 0.1) is 7.11 Å². The van der Waals surface area contributed by atoms with E-state index >= 15 is 0 Å². The molecule has 0 saturated carbocycles. The second-order valence-corrected chi connectivity index (χ2v) is 3.50. The van der Waals surface area contributed by atoms with Crippen LogP contribution in [0.5, 0.6) is 5.88 Å². The smallest absolute Gasteiger partial charge is 0.218 e. The summed E-state index contributed by atoms with van der Waals surface area (Å²) in [6.45, 7) is 0.900. The van der Waals surface area contributed by atoms with Gasteiger partial charge >= 0.3 is 0 Å². The number of hydrogen-bond donors (Lipinski definition) is 1. The first-order valence-corrected chi connectivity index (χ1v) is 5.56. The Hall–Kier alpha value is -1.03. The molecule has 0 aromatic carbocycles. The number of anilines is 1. The number of rotatable bonds is 7. The normalized spacial score (nSPS) is 10.0. The second-order valence-electron chi connectivity index (χ2n) is 3.12. The highest BCUT2D eigenvalue weighted by Crippen LogP contribution is 2.10. The van der Waals surface area contributed by atoms with Crippen molar-refractivity contribution in [3.8, 4) is 5.88 Å². The molecule has 0 spiro atoms. The molecule has 0 fully saturated rings. The molecule has 0 aliphatic carbocycles. The van der Waals surface area contributed by atoms with E-state index in [1.165, 1.54) is 6.33 Å². The van der Waals surface area contributed by atoms with Gasteiger partial charge in [-0.3, -0.25) is 0 Å². The zero-order chi connectivity index (χ0) is 10.9. The Bertz CT molecular complexity index is 283. The fourth-order valence-electron chi connectivity index (χ4n) is 1.16. The van der Waals surface area contributed by atoms with Gasteiger partial charge in [-0.2, -0.15) is 0 Å². The Morgan fingerprint density at radius 1 is 1.33 bits per heavy atom. The van der Waals surface area contributed by atoms with Crippen LogP contribution in [-0.2, 0) is 0 Å². The Morgan fingerprint density at radius 2 is 2.20 bits per heavy atom. The van der Waals surface area contributed by atoms with Crippen molar-refractivity contribution in [3.05, 3.63) is 12.4 Å². The van der Waals surface area contributed by atoms with Crippen LogP contribution < -0.4 is 10.1 Å². The van der Waals surface area contributed by atoms with E-state index in [-0.39, 0.29) is 0 Å². The van der Waals surface area contributed by atoms with Crippen LogP contribution in [0.2, 0.25) is 0 Å². The lowest BCUT2D eigenvalue weighted by atomic mass is 10.2. The summed E-state index contributed by atoms with van der Waals surface area (Å²) in [5.74, 6) is 2.11. The van der Waals surface area contributed by atoms with Crippen molar-refractivity contribution >= 4 is 17.4 Å². The molecule has 0 aliphatic rings. The monoisotopic (exact) mass is 229 g/mol. The number of aromatic nitrogens is 2. The lowest BCUT2D eigenvalue weighted by Gasteiger charge is -2.05. The van der Waals surface area contributed by atoms with Crippen LogP contribution in [0, 0.1) is 0 Å². The summed E-state index contributed by atoms with van der Waals surface area (Å²) < 4.78 is 4.99. The van der Waals surface area contributed by atoms with Crippen LogP contribution in [0.3, 0.4) is 0 Å². The maximum Gasteiger partial charge on any atom is 0.218 e. The number of nitrogens with zero attached hydrogens (tertiary/aromatic N) is 2. The van der Waals surface area contributed by atoms with E-state index in [1.807, 2.05) is 0 Å². The van der Waals surface area contributed by atoms with Gasteiger partial charge in [-0.05, 0) is 12.8 Å². The summed E-state index contributed by atoms with van der Waals surface area (Å²) in [7, 11) is 1.59. The summed E-state index contributed by atoms with van der Waals surface area (Å²) in [6, 6.07) is 1.78. The van der Waals surface area contributed by atoms with E-state index in [1.54, 1.807) is 13.2 Å². The molecule has 1 aromatic rings. The van der Waals surface area contributed by atoms with Crippen molar-refractivity contribution in [3.63, 3.8) is 0 Å². The zero-order valence-electron chi connectivity index (χ0n) is 8.87. The summed E-state index contributed by atoms with van der Waals surface area (Å²) in [5.41, 5.74) is 0. The molecule has 1 N–H and O–H groups in total. The molecule has 0 unspecified atom stereocenters. The molecule has 1 heterocycles. The lowest BCUT2D eigenvalue weighted by Crippen LogP contribution is -2.04. The Morgan fingerprint density at radius 3 is 2.93 bits per heavy atom. The minimum absolute atomic E-state index is 0.577. The van der Waals surface area contributed by atoms with Crippen molar-refractivity contribution in [1.82, 2.24) is 9.97 Å². The van der Waals surface area contributed by atoms with Crippen LogP contribution in [0.4, 0.5) is 5.82 Å². The van der Waals surface area contributed by atoms with E-state index in [0.29, 0.717) is 5.88 Å². The maximum atomic E-state index is 5.58. The average molecular weight is 230 g/mol. The predicted molar refractivity (Wildman–Crippen MR) is 61.6 cm³/mol. The van der Waals surface area contributed by atoms with Gasteiger partial charge in [0.25, 0.3) is 0 Å². The summed E-state index contributed by atoms with van der Waals surface area (Å²) >= 11 is 5.58. The van der Waals surface area contributed by atoms with Gasteiger partial charge in [0, 0.05) is 18.5 Å². The van der Waals surface area contributed by atoms with Gasteiger partial charge in [-0.1, -0.05) is 6.42 Å². The fourth-order valence-corrected chi connectivity index (χ4v) is 1.35. The third-order valence-corrected chi connectivity index (χ3v) is 2.23. The highest BCUT2D eigenvalue weighted by Gasteiger charge is 1.96. The summed E-state index contributed by atoms with van der Waals surface area (Å²) in [4.78, 5) is 8.00. The van der Waals surface area contributed by atoms with Gasteiger partial charge in [0.1, 0.15) is 12.1 Å². The van der Waals surface area contributed by atoms with Crippen LogP contribution >= 0.6 is 11.6 Å². The fraction of sp³-hybridized carbons (Fsp3) is 0.600. The average Bonchev–Trinajstić information content (AvgIpc) is 2.29. The molecular formula is C10H16ClN3O. The molecule has 15 heavy (non-hydrogen) atoms. The van der Waals surface area contributed by atoms with Gasteiger partial charge in [0.2, 0.25) is 5.88 Å². The molecule has 0 atom stereocenters. The Balaban J connectivity index is 2.24. The molecular weight excluding hydrogens is 214 g/mol. The molecule has 0 saturated heterocycles. The summed E-state index contributed by atoms with van der Waals surface area (Å²) in [5, 5.41) is 3.20. The standard InChI is InChI=1S/C10H16ClN3O/c1-15-10-7-9(13-8-14-10)12-6-4-2-3-5-11/h7-8H,2-6H2,1H3,(H,12,13,14). The van der Waals surface area contributed by atoms with Crippen LogP contribution in [0.15, 0.2) is 12.4 Å². The number of halogens is 1. The van der Waals surface area contributed by atoms with Gasteiger partial charge in [-0.25, -0.2) is 9.97 Å². The largest absolute Gasteiger partial charge is 0.481 e. The molecule has 1 aromatic heterocycles. The number of ether oxygens (including phenoxy) is 1. The van der Waals surface area contributed by atoms with Crippen molar-refractivity contribution < 1.29 is 4.74 Å². The van der Waals surface area contributed by atoms with E-state index in [0.717, 1.165) is 37.5 Å². The first kappa shape index (κ1) is 12.0. The molecule has 5 heteroatoms. The first-order chi connectivity index (χ1) is 7.36. The number of hydrogen-bond acceptors (Lipinski definition) is 4. The predicted octanol–water partition coefficient (Wildman–Crippen LogP) is 2.31. The molecule has 0 aliphatic heterocycles. The van der Waals surface area contributed by atoms with E-state index < -0.39 is 0 Å². The molecule has 0 amide bonds. The van der Waals surface area contributed by atoms with Crippen molar-refractivity contribution in [1.29, 1.82) is 0 Å². The van der Waals surface area contributed by atoms with Gasteiger partial charge < -0.3 is 10.1 Å². The van der Waals surface area contributed by atoms with E-state index in [4.69, 9.17) is 16.3 Å². The number of nitrogens with one attached hydrogen (secondary N) is 1. The number of unbranched alkanes of at least 4 members (excludes halogenated alkanes) is 2. The van der Waals surface area contributed by atoms with E-state index in [2.05, 4.69) is 15.3 Å². The SMILES string of the molecule is COc1cc(NCCCCCCl)ncn1. The molecule has 4 nitrogen and oxygen atoms in total. The Kier molecular flexibility index (Phi) is 5.85. The van der Waals surface area contributed by atoms with Crippen LogP contribution in [0.1, 0.15) is 19.3 Å². The maximum absolute atomic E-state index is 5.58. The molecule has 0 radical (unpaired) electrons. The van der Waals surface area contributed by atoms with Crippen molar-refractivity contribution in [2.24, 2.45) is 0 Å². The highest BCUT2D eigenvalue weighted by atomic mass is 35.5. The summed E-state index contributed by atoms with van der Waals surface area (Å²) in [6.07, 6.45) is 4.79. The van der Waals surface area contributed by atoms with Crippen molar-refractivity contribution in [2.45, 2.75) is 19.3 Å². The number of methoxy groups -OCH3 is 1.